The summed E-state index contributed by atoms with van der Waals surface area (Å²) in [6, 6.07) is 13.8. The molecule has 3 aliphatic rings. The normalized spacial score (nSPS) is 32.2. The summed E-state index contributed by atoms with van der Waals surface area (Å²) in [5.74, 6) is -1.30. The van der Waals surface area contributed by atoms with E-state index in [9.17, 15) is 18.0 Å². The molecule has 0 bridgehead atoms. The zero-order chi connectivity index (χ0) is 22.3. The Morgan fingerprint density at radius 3 is 2.35 bits per heavy atom. The highest BCUT2D eigenvalue weighted by Gasteiger charge is 2.74. The molecule has 5 rings (SSSR count). The highest BCUT2D eigenvalue weighted by atomic mass is 32.2. The average Bonchev–Trinajstić information content (AvgIpc) is 3.15. The third-order valence-electron chi connectivity index (χ3n) is 6.16. The Hall–Kier alpha value is -2.24. The lowest BCUT2D eigenvalue weighted by Gasteiger charge is -2.47. The first-order chi connectivity index (χ1) is 14.5. The van der Waals surface area contributed by atoms with Crippen molar-refractivity contribution in [1.29, 1.82) is 0 Å². The third-order valence-corrected chi connectivity index (χ3v) is 9.07. The zero-order valence-electron chi connectivity index (χ0n) is 16.2. The summed E-state index contributed by atoms with van der Waals surface area (Å²) in [6.07, 6.45) is -2.09. The van der Waals surface area contributed by atoms with E-state index < -0.39 is 50.3 Å². The number of hydrogen-bond donors (Lipinski definition) is 2. The predicted molar refractivity (Wildman–Crippen MR) is 118 cm³/mol. The Labute approximate surface area is 189 Å². The number of amides is 2. The van der Waals surface area contributed by atoms with Crippen LogP contribution in [0.3, 0.4) is 0 Å². The van der Waals surface area contributed by atoms with Crippen LogP contribution in [0, 0.1) is 0 Å². The van der Waals surface area contributed by atoms with Gasteiger partial charge in [0.1, 0.15) is 0 Å². The van der Waals surface area contributed by atoms with Gasteiger partial charge in [-0.15, -0.1) is 25.3 Å². The number of piperazine rings is 1. The molecule has 0 spiro atoms. The standard InChI is InChI=1S/C20H18FN3O4S3/c1-22-16(29)15(25)23-17-19(21,11-20(23,30)18(22)26)13-9-5-6-10-14(13)24(17)31(27,28)12-7-3-2-4-8-12/h2-10,16-17,29-30H,11H2,1H3/t16-,17-,19-,20-/m0/s1. The number of benzene rings is 2. The Balaban J connectivity index is 1.78. The number of carbonyl (C=O) groups is 2. The highest BCUT2D eigenvalue weighted by molar-refractivity contribution is 7.93. The van der Waals surface area contributed by atoms with E-state index in [4.69, 9.17) is 0 Å². The number of carbonyl (C=O) groups excluding carboxylic acids is 2. The summed E-state index contributed by atoms with van der Waals surface area (Å²) in [5, 5.41) is -1.18. The lowest BCUT2D eigenvalue weighted by atomic mass is 9.92. The van der Waals surface area contributed by atoms with Gasteiger partial charge in [-0.3, -0.25) is 14.5 Å². The SMILES string of the molecule is CN1C(=O)[C@@]2(S)C[C@]3(F)c4ccccc4N(S(=O)(=O)c4ccccc4)[C@@H]3N2C(=O)[C@@H]1S. The molecule has 7 nitrogen and oxygen atoms in total. The van der Waals surface area contributed by atoms with Gasteiger partial charge in [-0.1, -0.05) is 36.4 Å². The van der Waals surface area contributed by atoms with Crippen LogP contribution in [0.4, 0.5) is 10.1 Å². The average molecular weight is 480 g/mol. The van der Waals surface area contributed by atoms with Gasteiger partial charge in [0.05, 0.1) is 10.6 Å². The monoisotopic (exact) mass is 479 g/mol. The van der Waals surface area contributed by atoms with E-state index in [1.807, 2.05) is 0 Å². The largest absolute Gasteiger partial charge is 0.322 e. The van der Waals surface area contributed by atoms with E-state index in [2.05, 4.69) is 25.3 Å². The van der Waals surface area contributed by atoms with Gasteiger partial charge in [0, 0.05) is 19.0 Å². The maximum atomic E-state index is 16.8. The highest BCUT2D eigenvalue weighted by Crippen LogP contribution is 2.61. The van der Waals surface area contributed by atoms with E-state index in [1.54, 1.807) is 30.3 Å². The number of nitrogens with zero attached hydrogens (tertiary/aromatic N) is 3. The number of halogens is 1. The maximum absolute atomic E-state index is 16.8. The molecule has 4 atom stereocenters. The molecule has 2 saturated heterocycles. The van der Waals surface area contributed by atoms with Crippen LogP contribution in [0.1, 0.15) is 12.0 Å². The number of sulfonamides is 1. The number of anilines is 1. The Morgan fingerprint density at radius 1 is 1.06 bits per heavy atom. The summed E-state index contributed by atoms with van der Waals surface area (Å²) in [6.45, 7) is 0. The van der Waals surface area contributed by atoms with Crippen molar-refractivity contribution in [2.75, 3.05) is 11.4 Å². The quantitative estimate of drug-likeness (QED) is 0.646. The molecule has 0 N–H and O–H groups in total. The first-order valence-electron chi connectivity index (χ1n) is 9.44. The van der Waals surface area contributed by atoms with Crippen LogP contribution in [0.15, 0.2) is 59.5 Å². The van der Waals surface area contributed by atoms with Crippen LogP contribution in [0.25, 0.3) is 0 Å². The van der Waals surface area contributed by atoms with Crippen molar-refractivity contribution < 1.29 is 22.4 Å². The fourth-order valence-corrected chi connectivity index (χ4v) is 7.24. The minimum Gasteiger partial charge on any atom is -0.322 e. The minimum atomic E-state index is -4.28. The number of rotatable bonds is 2. The van der Waals surface area contributed by atoms with Crippen LogP contribution in [-0.4, -0.2) is 53.5 Å². The molecule has 0 aliphatic carbocycles. The topological polar surface area (TPSA) is 78.0 Å². The molecule has 0 aromatic heterocycles. The van der Waals surface area contributed by atoms with Crippen LogP contribution < -0.4 is 4.31 Å². The van der Waals surface area contributed by atoms with Gasteiger partial charge in [-0.05, 0) is 18.2 Å². The van der Waals surface area contributed by atoms with Gasteiger partial charge < -0.3 is 4.90 Å². The van der Waals surface area contributed by atoms with Crippen molar-refractivity contribution in [3.05, 3.63) is 60.2 Å². The molecular weight excluding hydrogens is 461 g/mol. The first-order valence-corrected chi connectivity index (χ1v) is 11.8. The van der Waals surface area contributed by atoms with Crippen LogP contribution in [0.5, 0.6) is 0 Å². The lowest BCUT2D eigenvalue weighted by molar-refractivity contribution is -0.157. The van der Waals surface area contributed by atoms with E-state index in [-0.39, 0.29) is 16.1 Å². The Kier molecular flexibility index (Phi) is 4.26. The molecule has 2 fully saturated rings. The molecule has 2 aromatic carbocycles. The van der Waals surface area contributed by atoms with Crippen LogP contribution >= 0.6 is 25.3 Å². The molecule has 31 heavy (non-hydrogen) atoms. The summed E-state index contributed by atoms with van der Waals surface area (Å²) in [7, 11) is -2.89. The summed E-state index contributed by atoms with van der Waals surface area (Å²) >= 11 is 8.67. The number of thiol groups is 2. The fraction of sp³-hybridized carbons (Fsp3) is 0.300. The van der Waals surface area contributed by atoms with Crippen LogP contribution in [0.2, 0.25) is 0 Å². The molecule has 0 unspecified atom stereocenters. The second kappa shape index (κ2) is 6.39. The smallest absolute Gasteiger partial charge is 0.266 e. The molecule has 0 saturated carbocycles. The number of fused-ring (bicyclic) bond motifs is 5. The summed E-state index contributed by atoms with van der Waals surface area (Å²) in [4.78, 5) is 26.5. The second-order valence-electron chi connectivity index (χ2n) is 7.86. The number of alkyl halides is 1. The van der Waals surface area contributed by atoms with Crippen molar-refractivity contribution >= 4 is 52.8 Å². The fourth-order valence-electron chi connectivity index (χ4n) is 4.75. The molecule has 2 aromatic rings. The van der Waals surface area contributed by atoms with E-state index >= 15 is 4.39 Å². The molecule has 3 aliphatic heterocycles. The maximum Gasteiger partial charge on any atom is 0.266 e. The van der Waals surface area contributed by atoms with E-state index in [0.29, 0.717) is 0 Å². The van der Waals surface area contributed by atoms with Crippen molar-refractivity contribution in [1.82, 2.24) is 9.80 Å². The molecular formula is C20H18FN3O4S3. The third kappa shape index (κ3) is 2.45. The van der Waals surface area contributed by atoms with Gasteiger partial charge >= 0.3 is 0 Å². The number of para-hydroxylation sites is 1. The molecule has 11 heteroatoms. The number of likely N-dealkylation sites (N-methyl/N-ethyl adjacent to an activating group) is 1. The summed E-state index contributed by atoms with van der Waals surface area (Å²) < 4.78 is 45.1. The number of hydrogen-bond acceptors (Lipinski definition) is 6. The van der Waals surface area contributed by atoms with Gasteiger partial charge in [0.25, 0.3) is 21.8 Å². The Bertz CT molecular complexity index is 1230. The van der Waals surface area contributed by atoms with Gasteiger partial charge in [-0.25, -0.2) is 17.1 Å². The minimum absolute atomic E-state index is 0.0546. The second-order valence-corrected chi connectivity index (χ2v) is 10.9. The first kappa shape index (κ1) is 20.7. The van der Waals surface area contributed by atoms with Crippen molar-refractivity contribution in [2.45, 2.75) is 33.4 Å². The predicted octanol–water partition coefficient (Wildman–Crippen LogP) is 1.97. The molecule has 162 valence electrons. The Morgan fingerprint density at radius 2 is 1.68 bits per heavy atom. The molecule has 2 amide bonds. The van der Waals surface area contributed by atoms with Crippen LogP contribution in [-0.2, 0) is 25.3 Å². The molecule has 0 radical (unpaired) electrons. The summed E-state index contributed by atoms with van der Waals surface area (Å²) in [5.41, 5.74) is -2.10. The van der Waals surface area contributed by atoms with Gasteiger partial charge in [0.15, 0.2) is 22.1 Å². The van der Waals surface area contributed by atoms with Crippen molar-refractivity contribution in [3.63, 3.8) is 0 Å². The lowest BCUT2D eigenvalue weighted by Crippen LogP contribution is -2.68. The van der Waals surface area contributed by atoms with E-state index in [0.717, 1.165) is 14.1 Å². The zero-order valence-corrected chi connectivity index (χ0v) is 18.8. The molecule has 3 heterocycles. The van der Waals surface area contributed by atoms with Crippen molar-refractivity contribution in [2.24, 2.45) is 0 Å². The van der Waals surface area contributed by atoms with E-state index in [1.165, 1.54) is 31.3 Å². The van der Waals surface area contributed by atoms with Gasteiger partial charge in [-0.2, -0.15) is 0 Å². The van der Waals surface area contributed by atoms with Crippen molar-refractivity contribution in [3.8, 4) is 0 Å². The van der Waals surface area contributed by atoms with Gasteiger partial charge in [0.2, 0.25) is 0 Å².